The molecular formula is C21H20O9. The van der Waals surface area contributed by atoms with Crippen LogP contribution in [0.25, 0.3) is 5.76 Å². The summed E-state index contributed by atoms with van der Waals surface area (Å²) in [5.41, 5.74) is 0.313. The zero-order valence-corrected chi connectivity index (χ0v) is 15.9. The Bertz CT molecular complexity index is 1050. The van der Waals surface area contributed by atoms with E-state index in [9.17, 15) is 40.2 Å². The SMILES string of the molecule is CC(=O)CC(Oc1c(O)c(O)cc2c1C(O)=CC2O)C(=O)Cc1ccc(O)c(O)c1. The van der Waals surface area contributed by atoms with E-state index in [1.165, 1.54) is 25.1 Å². The highest BCUT2D eigenvalue weighted by Gasteiger charge is 2.33. The number of aliphatic hydroxyl groups is 2. The van der Waals surface area contributed by atoms with Gasteiger partial charge in [0.2, 0.25) is 5.75 Å². The second kappa shape index (κ2) is 7.96. The van der Waals surface area contributed by atoms with Gasteiger partial charge in [-0.25, -0.2) is 0 Å². The Morgan fingerprint density at radius 1 is 1.03 bits per heavy atom. The molecule has 0 saturated heterocycles. The van der Waals surface area contributed by atoms with E-state index in [1.54, 1.807) is 0 Å². The van der Waals surface area contributed by atoms with Crippen LogP contribution in [-0.4, -0.2) is 48.3 Å². The lowest BCUT2D eigenvalue weighted by Crippen LogP contribution is -2.31. The van der Waals surface area contributed by atoms with E-state index in [1.807, 2.05) is 0 Å². The lowest BCUT2D eigenvalue weighted by Gasteiger charge is -2.21. The van der Waals surface area contributed by atoms with E-state index in [4.69, 9.17) is 4.74 Å². The minimum atomic E-state index is -1.39. The van der Waals surface area contributed by atoms with Crippen molar-refractivity contribution in [2.45, 2.75) is 32.0 Å². The number of hydrogen-bond acceptors (Lipinski definition) is 9. The van der Waals surface area contributed by atoms with Gasteiger partial charge in [0.25, 0.3) is 0 Å². The van der Waals surface area contributed by atoms with E-state index >= 15 is 0 Å². The van der Waals surface area contributed by atoms with Crippen LogP contribution in [-0.2, 0) is 16.0 Å². The van der Waals surface area contributed by atoms with E-state index in [2.05, 4.69) is 0 Å². The number of fused-ring (bicyclic) bond motifs is 1. The largest absolute Gasteiger partial charge is 0.507 e. The highest BCUT2D eigenvalue weighted by molar-refractivity contribution is 5.91. The molecule has 2 aromatic carbocycles. The number of carbonyl (C=O) groups is 2. The first-order valence-corrected chi connectivity index (χ1v) is 8.96. The monoisotopic (exact) mass is 416 g/mol. The molecule has 1 aliphatic rings. The fourth-order valence-electron chi connectivity index (χ4n) is 3.21. The number of ether oxygens (including phenoxy) is 1. The first kappa shape index (κ1) is 21.0. The highest BCUT2D eigenvalue weighted by atomic mass is 16.5. The third-order valence-corrected chi connectivity index (χ3v) is 4.67. The summed E-state index contributed by atoms with van der Waals surface area (Å²) in [6.07, 6.45) is -2.20. The molecule has 0 aromatic heterocycles. The molecule has 0 amide bonds. The Kier molecular flexibility index (Phi) is 5.57. The predicted octanol–water partition coefficient (Wildman–Crippen LogP) is 1.99. The molecule has 0 heterocycles. The first-order chi connectivity index (χ1) is 14.1. The third-order valence-electron chi connectivity index (χ3n) is 4.67. The fraction of sp³-hybridized carbons (Fsp3) is 0.238. The normalized spacial score (nSPS) is 15.9. The van der Waals surface area contributed by atoms with Crippen molar-refractivity contribution in [1.29, 1.82) is 0 Å². The molecule has 2 atom stereocenters. The maximum absolute atomic E-state index is 12.8. The average molecular weight is 416 g/mol. The first-order valence-electron chi connectivity index (χ1n) is 8.96. The number of benzene rings is 2. The fourth-order valence-corrected chi connectivity index (χ4v) is 3.21. The van der Waals surface area contributed by atoms with Gasteiger partial charge in [-0.2, -0.15) is 0 Å². The standard InChI is InChI=1S/C21H20O9/c1-9(22)4-18(15(26)6-10-2-3-12(23)14(25)5-10)30-21-19-11(7-17(28)20(21)29)13(24)8-16(19)27/h2-3,5,7-8,13,18,23-25,27-29H,4,6H2,1H3. The second-order valence-electron chi connectivity index (χ2n) is 7.01. The van der Waals surface area contributed by atoms with Crippen molar-refractivity contribution < 1.29 is 45.0 Å². The number of aromatic hydroxyl groups is 4. The van der Waals surface area contributed by atoms with Gasteiger partial charge in [0.05, 0.1) is 12.0 Å². The van der Waals surface area contributed by atoms with Crippen molar-refractivity contribution in [3.8, 4) is 28.7 Å². The van der Waals surface area contributed by atoms with Gasteiger partial charge in [-0.3, -0.25) is 9.59 Å². The number of phenolic OH excluding ortho intramolecular Hbond substituents is 4. The summed E-state index contributed by atoms with van der Waals surface area (Å²) in [6, 6.07) is 4.86. The topological polar surface area (TPSA) is 165 Å². The summed E-state index contributed by atoms with van der Waals surface area (Å²) in [4.78, 5) is 24.5. The molecule has 3 rings (SSSR count). The molecule has 0 bridgehead atoms. The van der Waals surface area contributed by atoms with Crippen LogP contribution in [0.5, 0.6) is 28.7 Å². The molecule has 6 N–H and O–H groups in total. The number of Topliss-reactive ketones (excluding diaryl/α,β-unsaturated/α-hetero) is 2. The minimum absolute atomic E-state index is 0.0651. The Hall–Kier alpha value is -3.72. The van der Waals surface area contributed by atoms with Crippen molar-refractivity contribution in [2.75, 3.05) is 0 Å². The van der Waals surface area contributed by atoms with Crippen LogP contribution in [0.4, 0.5) is 0 Å². The van der Waals surface area contributed by atoms with Gasteiger partial charge in [0.15, 0.2) is 34.9 Å². The minimum Gasteiger partial charge on any atom is -0.507 e. The van der Waals surface area contributed by atoms with Gasteiger partial charge in [-0.15, -0.1) is 0 Å². The molecule has 0 spiro atoms. The number of carbonyl (C=O) groups excluding carboxylic acids is 2. The lowest BCUT2D eigenvalue weighted by atomic mass is 10.0. The Balaban J connectivity index is 1.95. The summed E-state index contributed by atoms with van der Waals surface area (Å²) >= 11 is 0. The molecule has 0 fully saturated rings. The number of ketones is 2. The molecular weight excluding hydrogens is 396 g/mol. The quantitative estimate of drug-likeness (QED) is 0.370. The number of hydrogen-bond donors (Lipinski definition) is 6. The van der Waals surface area contributed by atoms with E-state index in [0.29, 0.717) is 5.56 Å². The predicted molar refractivity (Wildman–Crippen MR) is 104 cm³/mol. The highest BCUT2D eigenvalue weighted by Crippen LogP contribution is 2.48. The second-order valence-corrected chi connectivity index (χ2v) is 7.01. The van der Waals surface area contributed by atoms with E-state index < -0.39 is 52.5 Å². The molecule has 30 heavy (non-hydrogen) atoms. The maximum atomic E-state index is 12.8. The number of aliphatic hydroxyl groups excluding tert-OH is 2. The molecule has 0 radical (unpaired) electrons. The molecule has 9 nitrogen and oxygen atoms in total. The molecule has 9 heteroatoms. The van der Waals surface area contributed by atoms with Crippen LogP contribution in [0.15, 0.2) is 30.3 Å². The number of phenols is 4. The molecule has 158 valence electrons. The molecule has 2 unspecified atom stereocenters. The number of rotatable bonds is 7. The Labute approximate surface area is 170 Å². The van der Waals surface area contributed by atoms with Gasteiger partial charge in [0, 0.05) is 12.0 Å². The van der Waals surface area contributed by atoms with Crippen molar-refractivity contribution in [2.24, 2.45) is 0 Å². The van der Waals surface area contributed by atoms with Crippen molar-refractivity contribution >= 4 is 17.3 Å². The van der Waals surface area contributed by atoms with E-state index in [0.717, 1.165) is 12.1 Å². The van der Waals surface area contributed by atoms with Gasteiger partial charge in [-0.1, -0.05) is 6.07 Å². The average Bonchev–Trinajstić information content (AvgIpc) is 2.94. The summed E-state index contributed by atoms with van der Waals surface area (Å²) in [6.45, 7) is 1.24. The third kappa shape index (κ3) is 4.01. The van der Waals surface area contributed by atoms with Crippen molar-refractivity contribution in [3.63, 3.8) is 0 Å². The lowest BCUT2D eigenvalue weighted by molar-refractivity contribution is -0.129. The van der Waals surface area contributed by atoms with Crippen LogP contribution >= 0.6 is 0 Å². The van der Waals surface area contributed by atoms with Crippen LogP contribution in [0.1, 0.15) is 36.1 Å². The maximum Gasteiger partial charge on any atom is 0.201 e. The van der Waals surface area contributed by atoms with Crippen molar-refractivity contribution in [3.05, 3.63) is 47.0 Å². The molecule has 1 aliphatic carbocycles. The van der Waals surface area contributed by atoms with Gasteiger partial charge in [-0.05, 0) is 36.8 Å². The molecule has 2 aromatic rings. The summed E-state index contributed by atoms with van der Waals surface area (Å²) in [7, 11) is 0. The smallest absolute Gasteiger partial charge is 0.201 e. The van der Waals surface area contributed by atoms with Gasteiger partial charge >= 0.3 is 0 Å². The van der Waals surface area contributed by atoms with Crippen LogP contribution in [0.3, 0.4) is 0 Å². The van der Waals surface area contributed by atoms with Crippen molar-refractivity contribution in [1.82, 2.24) is 0 Å². The molecule has 0 saturated carbocycles. The van der Waals surface area contributed by atoms with Gasteiger partial charge in [0.1, 0.15) is 17.6 Å². The zero-order chi connectivity index (χ0) is 22.2. The molecule has 0 aliphatic heterocycles. The zero-order valence-electron chi connectivity index (χ0n) is 15.9. The summed E-state index contributed by atoms with van der Waals surface area (Å²) < 4.78 is 5.58. The van der Waals surface area contributed by atoms with Crippen LogP contribution in [0, 0.1) is 0 Å². The van der Waals surface area contributed by atoms with Crippen LogP contribution < -0.4 is 4.74 Å². The van der Waals surface area contributed by atoms with Gasteiger partial charge < -0.3 is 35.4 Å². The Morgan fingerprint density at radius 3 is 2.37 bits per heavy atom. The summed E-state index contributed by atoms with van der Waals surface area (Å²) in [5, 5.41) is 59.2. The van der Waals surface area contributed by atoms with Crippen LogP contribution in [0.2, 0.25) is 0 Å². The van der Waals surface area contributed by atoms with E-state index in [-0.39, 0.29) is 29.7 Å². The Morgan fingerprint density at radius 2 is 1.73 bits per heavy atom. The summed E-state index contributed by atoms with van der Waals surface area (Å²) in [5.74, 6) is -4.01.